The lowest BCUT2D eigenvalue weighted by atomic mass is 10.2. The molecule has 0 aliphatic heterocycles. The van der Waals surface area contributed by atoms with Gasteiger partial charge in [-0.3, -0.25) is 4.79 Å². The van der Waals surface area contributed by atoms with Gasteiger partial charge in [0.15, 0.2) is 0 Å². The minimum Gasteiger partial charge on any atom is -0.311 e. The van der Waals surface area contributed by atoms with Crippen molar-refractivity contribution in [3.8, 4) is 12.3 Å². The first-order chi connectivity index (χ1) is 8.13. The maximum absolute atomic E-state index is 11.6. The fraction of sp³-hybridized carbons (Fsp3) is 0.385. The minimum atomic E-state index is -0.0174. The number of carbonyl (C=O) groups excluding carboxylic acids is 1. The van der Waals surface area contributed by atoms with E-state index in [1.165, 1.54) is 0 Å². The Morgan fingerprint density at radius 2 is 2.29 bits per heavy atom. The number of aryl methyl sites for hydroxylation is 1. The van der Waals surface area contributed by atoms with Gasteiger partial charge in [0.05, 0.1) is 5.69 Å². The lowest BCUT2D eigenvalue weighted by Gasteiger charge is -2.05. The van der Waals surface area contributed by atoms with Crippen LogP contribution in [-0.2, 0) is 4.79 Å². The van der Waals surface area contributed by atoms with Gasteiger partial charge in [-0.05, 0) is 47.8 Å². The second-order valence-electron chi connectivity index (χ2n) is 3.72. The van der Waals surface area contributed by atoms with Crippen molar-refractivity contribution in [3.63, 3.8) is 0 Å². The number of nitrogens with one attached hydrogen (secondary N) is 1. The van der Waals surface area contributed by atoms with Crippen molar-refractivity contribution >= 4 is 27.7 Å². The van der Waals surface area contributed by atoms with Crippen molar-refractivity contribution in [2.45, 2.75) is 32.6 Å². The standard InChI is InChI=1S/C13H15BrN2O/c1-3-4-5-6-7-13(17)16-12-9-8-11(14)10(2)15-12/h1,8-9H,4-7H2,2H3,(H,15,16,17). The zero-order valence-electron chi connectivity index (χ0n) is 9.79. The lowest BCUT2D eigenvalue weighted by molar-refractivity contribution is -0.116. The number of anilines is 1. The van der Waals surface area contributed by atoms with Gasteiger partial charge in [0.2, 0.25) is 5.91 Å². The maximum atomic E-state index is 11.6. The van der Waals surface area contributed by atoms with Gasteiger partial charge in [-0.2, -0.15) is 0 Å². The third-order valence-corrected chi connectivity index (χ3v) is 3.10. The van der Waals surface area contributed by atoms with E-state index in [1.54, 1.807) is 6.07 Å². The SMILES string of the molecule is C#CCCCCC(=O)Nc1ccc(Br)c(C)n1. The molecule has 1 amide bonds. The predicted octanol–water partition coefficient (Wildman–Crippen LogP) is 3.28. The average Bonchev–Trinajstić information content (AvgIpc) is 2.30. The first-order valence-corrected chi connectivity index (χ1v) is 6.29. The van der Waals surface area contributed by atoms with Gasteiger partial charge in [-0.25, -0.2) is 4.98 Å². The summed E-state index contributed by atoms with van der Waals surface area (Å²) >= 11 is 3.36. The highest BCUT2D eigenvalue weighted by Crippen LogP contribution is 2.16. The van der Waals surface area contributed by atoms with Crippen molar-refractivity contribution in [1.82, 2.24) is 4.98 Å². The molecule has 1 N–H and O–H groups in total. The topological polar surface area (TPSA) is 42.0 Å². The van der Waals surface area contributed by atoms with E-state index in [-0.39, 0.29) is 5.91 Å². The summed E-state index contributed by atoms with van der Waals surface area (Å²) < 4.78 is 0.935. The molecule has 1 rings (SSSR count). The molecule has 0 atom stereocenters. The van der Waals surface area contributed by atoms with Crippen molar-refractivity contribution < 1.29 is 4.79 Å². The van der Waals surface area contributed by atoms with E-state index in [2.05, 4.69) is 32.2 Å². The molecule has 1 aromatic heterocycles. The van der Waals surface area contributed by atoms with Crippen LogP contribution in [0, 0.1) is 19.3 Å². The van der Waals surface area contributed by atoms with Crippen LogP contribution in [0.25, 0.3) is 0 Å². The Labute approximate surface area is 110 Å². The van der Waals surface area contributed by atoms with Crippen LogP contribution in [0.1, 0.15) is 31.4 Å². The number of unbranched alkanes of at least 4 members (excludes halogenated alkanes) is 2. The summed E-state index contributed by atoms with van der Waals surface area (Å²) in [4.78, 5) is 15.8. The van der Waals surface area contributed by atoms with Crippen LogP contribution in [0.3, 0.4) is 0 Å². The highest BCUT2D eigenvalue weighted by atomic mass is 79.9. The summed E-state index contributed by atoms with van der Waals surface area (Å²) in [7, 11) is 0. The zero-order valence-corrected chi connectivity index (χ0v) is 11.4. The summed E-state index contributed by atoms with van der Waals surface area (Å²) in [6.45, 7) is 1.88. The second kappa shape index (κ2) is 7.08. The fourth-order valence-corrected chi connectivity index (χ4v) is 1.55. The molecule has 4 heteroatoms. The second-order valence-corrected chi connectivity index (χ2v) is 4.58. The quantitative estimate of drug-likeness (QED) is 0.669. The molecule has 3 nitrogen and oxygen atoms in total. The number of aromatic nitrogens is 1. The fourth-order valence-electron chi connectivity index (χ4n) is 1.33. The molecule has 0 fully saturated rings. The summed E-state index contributed by atoms with van der Waals surface area (Å²) in [5, 5.41) is 2.76. The zero-order chi connectivity index (χ0) is 12.7. The molecule has 0 unspecified atom stereocenters. The van der Waals surface area contributed by atoms with E-state index in [0.29, 0.717) is 12.2 Å². The van der Waals surface area contributed by atoms with E-state index in [9.17, 15) is 4.79 Å². The Hall–Kier alpha value is -1.34. The number of nitrogens with zero attached hydrogens (tertiary/aromatic N) is 1. The van der Waals surface area contributed by atoms with E-state index >= 15 is 0 Å². The van der Waals surface area contributed by atoms with Gasteiger partial charge in [-0.15, -0.1) is 12.3 Å². The molecule has 1 aromatic rings. The molecule has 0 bridgehead atoms. The van der Waals surface area contributed by atoms with Gasteiger partial charge in [0, 0.05) is 17.3 Å². The van der Waals surface area contributed by atoms with E-state index in [0.717, 1.165) is 29.4 Å². The summed E-state index contributed by atoms with van der Waals surface area (Å²) in [5.41, 5.74) is 0.857. The van der Waals surface area contributed by atoms with Crippen LogP contribution in [0.5, 0.6) is 0 Å². The molecular formula is C13H15BrN2O. The Kier molecular flexibility index (Phi) is 5.71. The lowest BCUT2D eigenvalue weighted by Crippen LogP contribution is -2.12. The van der Waals surface area contributed by atoms with Crippen molar-refractivity contribution in [2.24, 2.45) is 0 Å². The molecule has 1 heterocycles. The van der Waals surface area contributed by atoms with Crippen LogP contribution in [0.2, 0.25) is 0 Å². The molecule has 0 aromatic carbocycles. The molecule has 0 saturated carbocycles. The third kappa shape index (κ3) is 5.01. The van der Waals surface area contributed by atoms with Crippen LogP contribution in [0.15, 0.2) is 16.6 Å². The van der Waals surface area contributed by atoms with Crippen LogP contribution in [-0.4, -0.2) is 10.9 Å². The van der Waals surface area contributed by atoms with E-state index in [4.69, 9.17) is 6.42 Å². The molecule has 17 heavy (non-hydrogen) atoms. The highest BCUT2D eigenvalue weighted by Gasteiger charge is 2.04. The predicted molar refractivity (Wildman–Crippen MR) is 72.6 cm³/mol. The number of hydrogen-bond acceptors (Lipinski definition) is 2. The Balaban J connectivity index is 2.40. The van der Waals surface area contributed by atoms with E-state index in [1.807, 2.05) is 13.0 Å². The first-order valence-electron chi connectivity index (χ1n) is 5.50. The summed E-state index contributed by atoms with van der Waals surface area (Å²) in [6, 6.07) is 3.65. The third-order valence-electron chi connectivity index (χ3n) is 2.26. The molecule has 0 aliphatic rings. The molecule has 0 saturated heterocycles. The maximum Gasteiger partial charge on any atom is 0.225 e. The van der Waals surface area contributed by atoms with E-state index < -0.39 is 0 Å². The number of pyridine rings is 1. The molecule has 0 radical (unpaired) electrons. The normalized spacial score (nSPS) is 9.71. The Morgan fingerprint density at radius 3 is 2.94 bits per heavy atom. The Bertz CT molecular complexity index is 438. The van der Waals surface area contributed by atoms with Crippen molar-refractivity contribution in [2.75, 3.05) is 5.32 Å². The van der Waals surface area contributed by atoms with Crippen LogP contribution >= 0.6 is 15.9 Å². The molecule has 0 aliphatic carbocycles. The monoisotopic (exact) mass is 294 g/mol. The largest absolute Gasteiger partial charge is 0.311 e. The summed E-state index contributed by atoms with van der Waals surface area (Å²) in [5.74, 6) is 3.13. The molecule has 0 spiro atoms. The van der Waals surface area contributed by atoms with Gasteiger partial charge in [0.25, 0.3) is 0 Å². The Morgan fingerprint density at radius 1 is 1.53 bits per heavy atom. The van der Waals surface area contributed by atoms with Crippen molar-refractivity contribution in [3.05, 3.63) is 22.3 Å². The smallest absolute Gasteiger partial charge is 0.225 e. The van der Waals surface area contributed by atoms with Gasteiger partial charge in [-0.1, -0.05) is 0 Å². The number of rotatable bonds is 5. The van der Waals surface area contributed by atoms with Gasteiger partial charge < -0.3 is 5.32 Å². The molecular weight excluding hydrogens is 280 g/mol. The minimum absolute atomic E-state index is 0.0174. The van der Waals surface area contributed by atoms with Gasteiger partial charge >= 0.3 is 0 Å². The number of amides is 1. The highest BCUT2D eigenvalue weighted by molar-refractivity contribution is 9.10. The number of halogens is 1. The van der Waals surface area contributed by atoms with Crippen molar-refractivity contribution in [1.29, 1.82) is 0 Å². The number of hydrogen-bond donors (Lipinski definition) is 1. The van der Waals surface area contributed by atoms with Crippen LogP contribution in [0.4, 0.5) is 5.82 Å². The average molecular weight is 295 g/mol. The van der Waals surface area contributed by atoms with Gasteiger partial charge in [0.1, 0.15) is 5.82 Å². The number of carbonyl (C=O) groups is 1. The first kappa shape index (κ1) is 13.7. The number of terminal acetylenes is 1. The summed E-state index contributed by atoms with van der Waals surface area (Å²) in [6.07, 6.45) is 8.04. The molecule has 90 valence electrons. The van der Waals surface area contributed by atoms with Crippen LogP contribution < -0.4 is 5.32 Å².